The minimum atomic E-state index is -0.281. The summed E-state index contributed by atoms with van der Waals surface area (Å²) in [7, 11) is 0. The van der Waals surface area contributed by atoms with Gasteiger partial charge >= 0.3 is 0 Å². The number of hydrogen-bond acceptors (Lipinski definition) is 5. The molecule has 0 bridgehead atoms. The Balaban J connectivity index is 1.45. The lowest BCUT2D eigenvalue weighted by Gasteiger charge is -2.07. The Morgan fingerprint density at radius 1 is 0.939 bits per heavy atom. The van der Waals surface area contributed by atoms with E-state index in [-0.39, 0.29) is 5.91 Å². The highest BCUT2D eigenvalue weighted by Gasteiger charge is 2.19. The molecule has 0 aliphatic rings. The fourth-order valence-electron chi connectivity index (χ4n) is 3.61. The molecule has 1 N–H and O–H groups in total. The summed E-state index contributed by atoms with van der Waals surface area (Å²) in [5.41, 5.74) is 5.10. The van der Waals surface area contributed by atoms with E-state index in [4.69, 9.17) is 0 Å². The number of aryl methyl sites for hydroxylation is 2. The first-order valence-corrected chi connectivity index (χ1v) is 10.4. The van der Waals surface area contributed by atoms with Crippen LogP contribution < -0.4 is 5.32 Å². The van der Waals surface area contributed by atoms with E-state index in [1.54, 1.807) is 34.2 Å². The molecule has 0 fully saturated rings. The van der Waals surface area contributed by atoms with Crippen LogP contribution in [0.15, 0.2) is 85.5 Å². The first kappa shape index (κ1) is 20.3. The first-order chi connectivity index (χ1) is 16.1. The lowest BCUT2D eigenvalue weighted by Crippen LogP contribution is -2.13. The summed E-state index contributed by atoms with van der Waals surface area (Å²) in [4.78, 5) is 21.9. The molecule has 4 heterocycles. The minimum Gasteiger partial charge on any atom is -0.320 e. The van der Waals surface area contributed by atoms with Crippen LogP contribution in [-0.2, 0) is 0 Å². The highest BCUT2D eigenvalue weighted by atomic mass is 16.1. The molecule has 0 radical (unpaired) electrons. The molecule has 0 atom stereocenters. The van der Waals surface area contributed by atoms with E-state index in [0.29, 0.717) is 22.8 Å². The fraction of sp³-hybridized carbons (Fsp3) is 0.0800. The van der Waals surface area contributed by atoms with E-state index in [9.17, 15) is 4.79 Å². The summed E-state index contributed by atoms with van der Waals surface area (Å²) in [6, 6.07) is 19.0. The summed E-state index contributed by atoms with van der Waals surface area (Å²) >= 11 is 0. The largest absolute Gasteiger partial charge is 0.320 e. The maximum Gasteiger partial charge on any atom is 0.259 e. The number of para-hydroxylation sites is 1. The molecule has 5 rings (SSSR count). The Morgan fingerprint density at radius 2 is 1.79 bits per heavy atom. The zero-order chi connectivity index (χ0) is 22.8. The smallest absolute Gasteiger partial charge is 0.259 e. The molecule has 8 heteroatoms. The van der Waals surface area contributed by atoms with E-state index < -0.39 is 0 Å². The second kappa shape index (κ2) is 8.51. The Hall–Kier alpha value is -4.59. The molecule has 0 aliphatic carbocycles. The quantitative estimate of drug-likeness (QED) is 0.442. The number of carbonyl (C=O) groups is 1. The molecule has 8 nitrogen and oxygen atoms in total. The van der Waals surface area contributed by atoms with Crippen LogP contribution in [-0.4, -0.2) is 35.4 Å². The lowest BCUT2D eigenvalue weighted by atomic mass is 10.1. The second-order valence-electron chi connectivity index (χ2n) is 7.61. The molecule has 0 spiro atoms. The van der Waals surface area contributed by atoms with Crippen molar-refractivity contribution in [2.24, 2.45) is 0 Å². The van der Waals surface area contributed by atoms with Crippen LogP contribution in [0.4, 0.5) is 5.69 Å². The number of benzene rings is 1. The molecular weight excluding hydrogens is 414 g/mol. The minimum absolute atomic E-state index is 0.281. The Morgan fingerprint density at radius 3 is 2.45 bits per heavy atom. The average Bonchev–Trinajstić information content (AvgIpc) is 3.44. The maximum atomic E-state index is 13.2. The van der Waals surface area contributed by atoms with Gasteiger partial charge in [-0.25, -0.2) is 14.3 Å². The first-order valence-electron chi connectivity index (χ1n) is 10.4. The van der Waals surface area contributed by atoms with Gasteiger partial charge in [-0.1, -0.05) is 18.2 Å². The van der Waals surface area contributed by atoms with Gasteiger partial charge in [0.25, 0.3) is 5.91 Å². The van der Waals surface area contributed by atoms with Crippen LogP contribution in [0.2, 0.25) is 0 Å². The normalized spacial score (nSPS) is 10.8. The topological polar surface area (TPSA) is 90.5 Å². The van der Waals surface area contributed by atoms with E-state index in [1.807, 2.05) is 74.5 Å². The predicted molar refractivity (Wildman–Crippen MR) is 126 cm³/mol. The monoisotopic (exact) mass is 435 g/mol. The van der Waals surface area contributed by atoms with Gasteiger partial charge in [0.05, 0.1) is 28.8 Å². The average molecular weight is 435 g/mol. The van der Waals surface area contributed by atoms with Crippen molar-refractivity contribution in [1.29, 1.82) is 0 Å². The number of hydrogen-bond donors (Lipinski definition) is 1. The number of nitrogens with one attached hydrogen (secondary N) is 1. The van der Waals surface area contributed by atoms with E-state index in [1.165, 1.54) is 0 Å². The summed E-state index contributed by atoms with van der Waals surface area (Å²) < 4.78 is 3.47. The maximum absolute atomic E-state index is 13.2. The van der Waals surface area contributed by atoms with Crippen molar-refractivity contribution in [1.82, 2.24) is 29.5 Å². The van der Waals surface area contributed by atoms with E-state index in [0.717, 1.165) is 22.6 Å². The van der Waals surface area contributed by atoms with Crippen molar-refractivity contribution in [2.75, 3.05) is 5.32 Å². The molecule has 33 heavy (non-hydrogen) atoms. The standard InChI is InChI=1S/C25H21N7O/c1-17-13-18(2)32(29-17)23-11-10-20(15-27-23)28-25(33)22-16-31(21-8-4-3-5-9-21)30-24(22)19-7-6-12-26-14-19/h3-16H,1-2H3,(H,28,33). The SMILES string of the molecule is Cc1cc(C)n(-c2ccc(NC(=O)c3cn(-c4ccccc4)nc3-c3cccnc3)cn2)n1. The fourth-order valence-corrected chi connectivity index (χ4v) is 3.61. The molecule has 4 aromatic heterocycles. The molecule has 162 valence electrons. The van der Waals surface area contributed by atoms with Gasteiger partial charge in [-0.05, 0) is 56.3 Å². The highest BCUT2D eigenvalue weighted by Crippen LogP contribution is 2.24. The predicted octanol–water partition coefficient (Wildman–Crippen LogP) is 4.38. The summed E-state index contributed by atoms with van der Waals surface area (Å²) in [5, 5.41) is 12.0. The Kier molecular flexibility index (Phi) is 5.24. The van der Waals surface area contributed by atoms with Gasteiger partial charge in [0.2, 0.25) is 0 Å². The van der Waals surface area contributed by atoms with Gasteiger partial charge < -0.3 is 5.32 Å². The number of amides is 1. The van der Waals surface area contributed by atoms with Crippen molar-refractivity contribution in [3.8, 4) is 22.8 Å². The number of rotatable bonds is 5. The van der Waals surface area contributed by atoms with Gasteiger partial charge in [0.1, 0.15) is 5.69 Å². The molecule has 1 amide bonds. The number of aromatic nitrogens is 6. The van der Waals surface area contributed by atoms with Crippen LogP contribution in [0, 0.1) is 13.8 Å². The van der Waals surface area contributed by atoms with Crippen LogP contribution in [0.25, 0.3) is 22.8 Å². The van der Waals surface area contributed by atoms with E-state index in [2.05, 4.69) is 25.5 Å². The van der Waals surface area contributed by atoms with Crippen LogP contribution in [0.3, 0.4) is 0 Å². The molecular formula is C25H21N7O. The van der Waals surface area contributed by atoms with Gasteiger partial charge in [-0.3, -0.25) is 9.78 Å². The van der Waals surface area contributed by atoms with Crippen LogP contribution in [0.5, 0.6) is 0 Å². The lowest BCUT2D eigenvalue weighted by molar-refractivity contribution is 0.102. The summed E-state index contributed by atoms with van der Waals surface area (Å²) in [6.07, 6.45) is 6.73. The zero-order valence-corrected chi connectivity index (χ0v) is 18.2. The number of nitrogens with zero attached hydrogens (tertiary/aromatic N) is 6. The highest BCUT2D eigenvalue weighted by molar-refractivity contribution is 6.08. The number of pyridine rings is 2. The third-order valence-electron chi connectivity index (χ3n) is 5.15. The van der Waals surface area contributed by atoms with Crippen molar-refractivity contribution < 1.29 is 4.79 Å². The second-order valence-corrected chi connectivity index (χ2v) is 7.61. The van der Waals surface area contributed by atoms with Crippen molar-refractivity contribution in [2.45, 2.75) is 13.8 Å². The number of anilines is 1. The molecule has 0 aliphatic heterocycles. The molecule has 0 unspecified atom stereocenters. The van der Waals surface area contributed by atoms with Crippen molar-refractivity contribution >= 4 is 11.6 Å². The Labute approximate surface area is 190 Å². The van der Waals surface area contributed by atoms with Crippen molar-refractivity contribution in [3.05, 3.63) is 102 Å². The molecule has 0 saturated carbocycles. The van der Waals surface area contributed by atoms with Gasteiger partial charge in [-0.15, -0.1) is 0 Å². The summed E-state index contributed by atoms with van der Waals surface area (Å²) in [6.45, 7) is 3.91. The Bertz CT molecular complexity index is 1400. The third kappa shape index (κ3) is 4.14. The van der Waals surface area contributed by atoms with Gasteiger partial charge in [-0.2, -0.15) is 10.2 Å². The van der Waals surface area contributed by atoms with Crippen LogP contribution >= 0.6 is 0 Å². The van der Waals surface area contributed by atoms with Crippen LogP contribution in [0.1, 0.15) is 21.7 Å². The zero-order valence-electron chi connectivity index (χ0n) is 18.2. The molecule has 5 aromatic rings. The number of carbonyl (C=O) groups excluding carboxylic acids is 1. The molecule has 0 saturated heterocycles. The van der Waals surface area contributed by atoms with Gasteiger partial charge in [0, 0.05) is 29.8 Å². The molecule has 1 aromatic carbocycles. The van der Waals surface area contributed by atoms with E-state index >= 15 is 0 Å². The third-order valence-corrected chi connectivity index (χ3v) is 5.15. The van der Waals surface area contributed by atoms with Crippen molar-refractivity contribution in [3.63, 3.8) is 0 Å². The summed E-state index contributed by atoms with van der Waals surface area (Å²) in [5.74, 6) is 0.406. The van der Waals surface area contributed by atoms with Gasteiger partial charge in [0.15, 0.2) is 5.82 Å².